The van der Waals surface area contributed by atoms with Gasteiger partial charge in [-0.3, -0.25) is 15.2 Å². The molecule has 0 amide bonds. The Balaban J connectivity index is 1.79. The third kappa shape index (κ3) is 3.78. The molecule has 126 valence electrons. The summed E-state index contributed by atoms with van der Waals surface area (Å²) in [6.45, 7) is 0. The summed E-state index contributed by atoms with van der Waals surface area (Å²) >= 11 is 0. The van der Waals surface area contributed by atoms with Crippen molar-refractivity contribution < 1.29 is 32.8 Å². The quantitative estimate of drug-likeness (QED) is 0.596. The van der Waals surface area contributed by atoms with E-state index in [1.165, 1.54) is 0 Å². The number of hydrogen-bond acceptors (Lipinski definition) is 4. The van der Waals surface area contributed by atoms with Crippen LogP contribution in [0.5, 0.6) is 0 Å². The summed E-state index contributed by atoms with van der Waals surface area (Å²) in [6, 6.07) is 0. The summed E-state index contributed by atoms with van der Waals surface area (Å²) in [4.78, 5) is 11.9. The van der Waals surface area contributed by atoms with E-state index < -0.39 is 24.0 Å². The second kappa shape index (κ2) is 6.54. The van der Waals surface area contributed by atoms with Crippen LogP contribution >= 0.6 is 0 Å². The van der Waals surface area contributed by atoms with Crippen LogP contribution in [-0.2, 0) is 4.79 Å². The standard InChI is InChI=1S/C14H19F4NO3/c15-11-7-10(13(11)19(21)22)12(20)6-3-8-1-4-9(5-2-8)14(16,17)18/h8-9,11,21-22H,1-7H2/t8?,9?,11-/m1/s1. The number of nitrogens with zero attached hydrogens (tertiary/aromatic N) is 1. The summed E-state index contributed by atoms with van der Waals surface area (Å²) in [6.07, 6.45) is -4.26. The molecule has 22 heavy (non-hydrogen) atoms. The number of hydrogen-bond donors (Lipinski definition) is 2. The maximum atomic E-state index is 13.1. The van der Waals surface area contributed by atoms with Gasteiger partial charge in [0, 0.05) is 18.4 Å². The lowest BCUT2D eigenvalue weighted by molar-refractivity contribution is -0.288. The lowest BCUT2D eigenvalue weighted by atomic mass is 9.78. The molecule has 1 fully saturated rings. The number of ketones is 1. The van der Waals surface area contributed by atoms with Crippen LogP contribution < -0.4 is 0 Å². The Hall–Kier alpha value is -1.15. The Morgan fingerprint density at radius 2 is 1.77 bits per heavy atom. The van der Waals surface area contributed by atoms with Crippen molar-refractivity contribution in [3.8, 4) is 0 Å². The van der Waals surface area contributed by atoms with Crippen LogP contribution in [0.3, 0.4) is 0 Å². The summed E-state index contributed by atoms with van der Waals surface area (Å²) in [5.41, 5.74) is -0.368. The molecular weight excluding hydrogens is 306 g/mol. The van der Waals surface area contributed by atoms with Gasteiger partial charge in [-0.05, 0) is 38.0 Å². The molecule has 0 unspecified atom stereocenters. The molecule has 2 aliphatic rings. The van der Waals surface area contributed by atoms with Gasteiger partial charge >= 0.3 is 6.18 Å². The molecule has 0 aliphatic heterocycles. The molecule has 2 rings (SSSR count). The van der Waals surface area contributed by atoms with Gasteiger partial charge in [0.05, 0.1) is 5.92 Å². The Morgan fingerprint density at radius 1 is 1.18 bits per heavy atom. The number of carbonyl (C=O) groups is 1. The molecular formula is C14H19F4NO3. The van der Waals surface area contributed by atoms with Crippen LogP contribution in [-0.4, -0.2) is 33.8 Å². The van der Waals surface area contributed by atoms with E-state index in [0.29, 0.717) is 19.3 Å². The lowest BCUT2D eigenvalue weighted by Crippen LogP contribution is -2.34. The number of hydroxylamine groups is 2. The van der Waals surface area contributed by atoms with E-state index >= 15 is 0 Å². The van der Waals surface area contributed by atoms with Crippen LogP contribution in [0.4, 0.5) is 17.6 Å². The molecule has 0 saturated heterocycles. The summed E-state index contributed by atoms with van der Waals surface area (Å²) in [5, 5.41) is 17.3. The number of Topliss-reactive ketones (excluding diaryl/α,β-unsaturated/α-hetero) is 1. The smallest absolute Gasteiger partial charge is 0.294 e. The molecule has 2 aliphatic carbocycles. The monoisotopic (exact) mass is 325 g/mol. The molecule has 0 aromatic carbocycles. The Morgan fingerprint density at radius 3 is 2.23 bits per heavy atom. The van der Waals surface area contributed by atoms with Gasteiger partial charge in [-0.2, -0.15) is 13.2 Å². The Labute approximate surface area is 125 Å². The Bertz CT molecular complexity index is 453. The second-order valence-corrected chi connectivity index (χ2v) is 6.05. The zero-order valence-electron chi connectivity index (χ0n) is 11.9. The van der Waals surface area contributed by atoms with Crippen LogP contribution in [0.1, 0.15) is 44.9 Å². The minimum atomic E-state index is -4.14. The number of carbonyl (C=O) groups excluding carboxylic acids is 1. The highest BCUT2D eigenvalue weighted by Gasteiger charge is 2.41. The maximum absolute atomic E-state index is 13.1. The van der Waals surface area contributed by atoms with E-state index in [1.807, 2.05) is 0 Å². The minimum absolute atomic E-state index is 0.0569. The molecule has 8 heteroatoms. The fourth-order valence-electron chi connectivity index (χ4n) is 3.21. The highest BCUT2D eigenvalue weighted by atomic mass is 19.4. The largest absolute Gasteiger partial charge is 0.391 e. The van der Waals surface area contributed by atoms with E-state index in [0.717, 1.165) is 0 Å². The molecule has 0 heterocycles. The minimum Gasteiger partial charge on any atom is -0.294 e. The molecule has 1 atom stereocenters. The molecule has 0 bridgehead atoms. The van der Waals surface area contributed by atoms with E-state index in [2.05, 4.69) is 0 Å². The molecule has 0 spiro atoms. The van der Waals surface area contributed by atoms with E-state index in [9.17, 15) is 22.4 Å². The number of allylic oxidation sites excluding steroid dienone is 2. The molecule has 1 saturated carbocycles. The van der Waals surface area contributed by atoms with Crippen LogP contribution in [0.15, 0.2) is 11.3 Å². The average Bonchev–Trinajstić information content (AvgIpc) is 2.40. The average molecular weight is 325 g/mol. The second-order valence-electron chi connectivity index (χ2n) is 6.05. The van der Waals surface area contributed by atoms with Crippen molar-refractivity contribution in [1.82, 2.24) is 5.23 Å². The van der Waals surface area contributed by atoms with Gasteiger partial charge in [-0.15, -0.1) is 5.23 Å². The van der Waals surface area contributed by atoms with Gasteiger partial charge in [0.2, 0.25) is 0 Å². The maximum Gasteiger partial charge on any atom is 0.391 e. The zero-order valence-corrected chi connectivity index (χ0v) is 11.9. The van der Waals surface area contributed by atoms with Crippen molar-refractivity contribution in [1.29, 1.82) is 0 Å². The normalized spacial score (nSPS) is 29.3. The van der Waals surface area contributed by atoms with Crippen molar-refractivity contribution in [3.63, 3.8) is 0 Å². The predicted molar refractivity (Wildman–Crippen MR) is 67.7 cm³/mol. The third-order valence-corrected chi connectivity index (χ3v) is 4.63. The van der Waals surface area contributed by atoms with Crippen molar-refractivity contribution in [2.75, 3.05) is 0 Å². The highest BCUT2D eigenvalue weighted by Crippen LogP contribution is 2.41. The van der Waals surface area contributed by atoms with Gasteiger partial charge in [0.25, 0.3) is 0 Å². The van der Waals surface area contributed by atoms with Crippen LogP contribution in [0.2, 0.25) is 0 Å². The summed E-state index contributed by atoms with van der Waals surface area (Å²) in [7, 11) is 0. The first-order chi connectivity index (χ1) is 10.2. The lowest BCUT2D eigenvalue weighted by Gasteiger charge is -2.31. The molecule has 0 aromatic rings. The molecule has 2 N–H and O–H groups in total. The Kier molecular flexibility index (Phi) is 5.11. The fraction of sp³-hybridized carbons (Fsp3) is 0.786. The molecule has 0 radical (unpaired) electrons. The van der Waals surface area contributed by atoms with Gasteiger partial charge in [-0.25, -0.2) is 4.39 Å². The number of halogens is 4. The molecule has 4 nitrogen and oxygen atoms in total. The van der Waals surface area contributed by atoms with Crippen molar-refractivity contribution in [2.45, 2.75) is 57.3 Å². The predicted octanol–water partition coefficient (Wildman–Crippen LogP) is 3.78. The molecule has 0 aromatic heterocycles. The van der Waals surface area contributed by atoms with Crippen molar-refractivity contribution in [2.24, 2.45) is 11.8 Å². The van der Waals surface area contributed by atoms with Crippen molar-refractivity contribution in [3.05, 3.63) is 11.3 Å². The number of alkyl halides is 4. The van der Waals surface area contributed by atoms with Gasteiger partial charge in [0.1, 0.15) is 11.9 Å². The van der Waals surface area contributed by atoms with Gasteiger partial charge < -0.3 is 0 Å². The topological polar surface area (TPSA) is 60.8 Å². The van der Waals surface area contributed by atoms with Crippen LogP contribution in [0, 0.1) is 11.8 Å². The summed E-state index contributed by atoms with van der Waals surface area (Å²) in [5.74, 6) is -1.55. The first kappa shape index (κ1) is 17.2. The van der Waals surface area contributed by atoms with Crippen LogP contribution in [0.25, 0.3) is 0 Å². The fourth-order valence-corrected chi connectivity index (χ4v) is 3.21. The van der Waals surface area contributed by atoms with E-state index in [-0.39, 0.29) is 48.2 Å². The number of rotatable bonds is 5. The van der Waals surface area contributed by atoms with E-state index in [1.54, 1.807) is 0 Å². The van der Waals surface area contributed by atoms with Gasteiger partial charge in [-0.1, -0.05) is 0 Å². The van der Waals surface area contributed by atoms with Gasteiger partial charge in [0.15, 0.2) is 5.78 Å². The van der Waals surface area contributed by atoms with E-state index in [4.69, 9.17) is 10.4 Å². The first-order valence-corrected chi connectivity index (χ1v) is 7.35. The highest BCUT2D eigenvalue weighted by molar-refractivity contribution is 5.97. The zero-order chi connectivity index (χ0) is 16.5. The third-order valence-electron chi connectivity index (χ3n) is 4.63. The summed E-state index contributed by atoms with van der Waals surface area (Å²) < 4.78 is 50.8. The van der Waals surface area contributed by atoms with Crippen molar-refractivity contribution >= 4 is 5.78 Å². The first-order valence-electron chi connectivity index (χ1n) is 7.35. The SMILES string of the molecule is O=C(CCC1CCC(C(F)(F)F)CC1)C1=C(N(O)O)[C@H](F)C1.